The Hall–Kier alpha value is -2.87. The molecule has 22 heavy (non-hydrogen) atoms. The summed E-state index contributed by atoms with van der Waals surface area (Å²) in [5.41, 5.74) is 1.36. The van der Waals surface area contributed by atoms with E-state index in [9.17, 15) is 4.79 Å². The third kappa shape index (κ3) is 3.41. The largest absolute Gasteiger partial charge is 0.497 e. The molecule has 0 saturated heterocycles. The quantitative estimate of drug-likeness (QED) is 0.833. The zero-order chi connectivity index (χ0) is 15.9. The van der Waals surface area contributed by atoms with Gasteiger partial charge >= 0.3 is 0 Å². The molecular formula is C17H18N2O3. The van der Waals surface area contributed by atoms with E-state index in [0.29, 0.717) is 23.7 Å². The van der Waals surface area contributed by atoms with Crippen LogP contribution in [-0.4, -0.2) is 36.6 Å². The number of nitrogens with zero attached hydrogens (tertiary/aromatic N) is 1. The van der Waals surface area contributed by atoms with Gasteiger partial charge in [-0.25, -0.2) is 0 Å². The standard InChI is InChI=1S/C17H18N2O3/c1-4-10-19(17(20)15-6-5-9-18-15)12-13-7-8-14(21-2)11-16(13)22-3/h1,5-9,11,18H,10,12H2,2-3H3. The Morgan fingerprint density at radius 2 is 2.14 bits per heavy atom. The van der Waals surface area contributed by atoms with Gasteiger partial charge < -0.3 is 19.4 Å². The number of ether oxygens (including phenoxy) is 2. The van der Waals surface area contributed by atoms with Crippen LogP contribution in [0.25, 0.3) is 0 Å². The van der Waals surface area contributed by atoms with Crippen LogP contribution < -0.4 is 9.47 Å². The van der Waals surface area contributed by atoms with Gasteiger partial charge in [0, 0.05) is 17.8 Å². The Balaban J connectivity index is 2.25. The van der Waals surface area contributed by atoms with Crippen molar-refractivity contribution in [3.8, 4) is 23.8 Å². The van der Waals surface area contributed by atoms with Crippen LogP contribution in [-0.2, 0) is 6.54 Å². The van der Waals surface area contributed by atoms with E-state index in [1.54, 1.807) is 43.5 Å². The first-order valence-electron chi connectivity index (χ1n) is 6.76. The van der Waals surface area contributed by atoms with Crippen LogP contribution >= 0.6 is 0 Å². The highest BCUT2D eigenvalue weighted by atomic mass is 16.5. The summed E-state index contributed by atoms with van der Waals surface area (Å²) in [4.78, 5) is 16.9. The van der Waals surface area contributed by atoms with E-state index in [4.69, 9.17) is 15.9 Å². The van der Waals surface area contributed by atoms with Crippen LogP contribution in [0.4, 0.5) is 0 Å². The molecule has 2 rings (SSSR count). The van der Waals surface area contributed by atoms with Crippen molar-refractivity contribution in [2.75, 3.05) is 20.8 Å². The van der Waals surface area contributed by atoms with E-state index >= 15 is 0 Å². The maximum Gasteiger partial charge on any atom is 0.271 e. The second kappa shape index (κ2) is 7.23. The molecule has 5 nitrogen and oxygen atoms in total. The number of benzene rings is 1. The molecule has 1 aromatic heterocycles. The second-order valence-electron chi connectivity index (χ2n) is 4.63. The van der Waals surface area contributed by atoms with Crippen LogP contribution in [0.3, 0.4) is 0 Å². The molecule has 0 atom stereocenters. The molecule has 1 amide bonds. The molecule has 0 aliphatic rings. The van der Waals surface area contributed by atoms with Crippen LogP contribution in [0.5, 0.6) is 11.5 Å². The zero-order valence-electron chi connectivity index (χ0n) is 12.6. The van der Waals surface area contributed by atoms with Crippen LogP contribution in [0.1, 0.15) is 16.1 Å². The third-order valence-electron chi connectivity index (χ3n) is 3.25. The molecule has 0 radical (unpaired) electrons. The van der Waals surface area contributed by atoms with Gasteiger partial charge in [-0.3, -0.25) is 4.79 Å². The molecule has 1 aromatic carbocycles. The molecule has 2 aromatic rings. The number of carbonyl (C=O) groups is 1. The lowest BCUT2D eigenvalue weighted by Gasteiger charge is -2.21. The lowest BCUT2D eigenvalue weighted by molar-refractivity contribution is 0.0759. The molecule has 0 aliphatic heterocycles. The number of methoxy groups -OCH3 is 2. The minimum atomic E-state index is -0.152. The summed E-state index contributed by atoms with van der Waals surface area (Å²) < 4.78 is 10.5. The molecule has 114 valence electrons. The van der Waals surface area contributed by atoms with Gasteiger partial charge in [0.2, 0.25) is 0 Å². The summed E-state index contributed by atoms with van der Waals surface area (Å²) in [6.45, 7) is 0.572. The minimum Gasteiger partial charge on any atom is -0.497 e. The SMILES string of the molecule is C#CCN(Cc1ccc(OC)cc1OC)C(=O)c1ccc[nH]1. The number of aromatic nitrogens is 1. The fourth-order valence-corrected chi connectivity index (χ4v) is 2.13. The van der Waals surface area contributed by atoms with Crippen molar-refractivity contribution in [1.82, 2.24) is 9.88 Å². The average Bonchev–Trinajstić information content (AvgIpc) is 3.08. The Bertz CT molecular complexity index is 672. The van der Waals surface area contributed by atoms with E-state index in [1.807, 2.05) is 12.1 Å². The van der Waals surface area contributed by atoms with E-state index in [2.05, 4.69) is 10.9 Å². The van der Waals surface area contributed by atoms with Crippen LogP contribution in [0.15, 0.2) is 36.5 Å². The highest BCUT2D eigenvalue weighted by molar-refractivity contribution is 5.92. The molecule has 0 saturated carbocycles. The predicted octanol–water partition coefficient (Wildman–Crippen LogP) is 2.31. The van der Waals surface area contributed by atoms with Crippen LogP contribution in [0, 0.1) is 12.3 Å². The number of hydrogen-bond donors (Lipinski definition) is 1. The van der Waals surface area contributed by atoms with E-state index in [0.717, 1.165) is 5.56 Å². The highest BCUT2D eigenvalue weighted by Gasteiger charge is 2.18. The average molecular weight is 298 g/mol. The fraction of sp³-hybridized carbons (Fsp3) is 0.235. The van der Waals surface area contributed by atoms with Gasteiger partial charge in [-0.05, 0) is 24.3 Å². The van der Waals surface area contributed by atoms with E-state index in [-0.39, 0.29) is 12.5 Å². The maximum absolute atomic E-state index is 12.5. The fourth-order valence-electron chi connectivity index (χ4n) is 2.13. The summed E-state index contributed by atoms with van der Waals surface area (Å²) in [5.74, 6) is 3.71. The van der Waals surface area contributed by atoms with Crippen LogP contribution in [0.2, 0.25) is 0 Å². The topological polar surface area (TPSA) is 54.6 Å². The molecule has 0 fully saturated rings. The van der Waals surface area contributed by atoms with Gasteiger partial charge in [0.1, 0.15) is 17.2 Å². The third-order valence-corrected chi connectivity index (χ3v) is 3.25. The summed E-state index contributed by atoms with van der Waals surface area (Å²) >= 11 is 0. The summed E-state index contributed by atoms with van der Waals surface area (Å²) in [6.07, 6.45) is 7.09. The monoisotopic (exact) mass is 298 g/mol. The lowest BCUT2D eigenvalue weighted by Crippen LogP contribution is -2.31. The second-order valence-corrected chi connectivity index (χ2v) is 4.63. The molecule has 0 aliphatic carbocycles. The first-order valence-corrected chi connectivity index (χ1v) is 6.76. The van der Waals surface area contributed by atoms with Gasteiger partial charge in [0.25, 0.3) is 5.91 Å². The summed E-state index contributed by atoms with van der Waals surface area (Å²) in [6, 6.07) is 8.96. The van der Waals surface area contributed by atoms with Crippen molar-refractivity contribution in [2.24, 2.45) is 0 Å². The van der Waals surface area contributed by atoms with Gasteiger partial charge in [0.15, 0.2) is 0 Å². The van der Waals surface area contributed by atoms with Crippen molar-refractivity contribution in [3.63, 3.8) is 0 Å². The maximum atomic E-state index is 12.5. The highest BCUT2D eigenvalue weighted by Crippen LogP contribution is 2.26. The normalized spacial score (nSPS) is 9.86. The summed E-state index contributed by atoms with van der Waals surface area (Å²) in [7, 11) is 3.17. The molecule has 0 bridgehead atoms. The van der Waals surface area contributed by atoms with Crippen molar-refractivity contribution in [3.05, 3.63) is 47.8 Å². The lowest BCUT2D eigenvalue weighted by atomic mass is 10.1. The molecule has 0 unspecified atom stereocenters. The molecule has 1 N–H and O–H groups in total. The Kier molecular flexibility index (Phi) is 5.10. The minimum absolute atomic E-state index is 0.152. The number of nitrogens with one attached hydrogen (secondary N) is 1. The first-order chi connectivity index (χ1) is 10.7. The summed E-state index contributed by atoms with van der Waals surface area (Å²) in [5, 5.41) is 0. The number of aromatic amines is 1. The smallest absolute Gasteiger partial charge is 0.271 e. The first kappa shape index (κ1) is 15.5. The number of rotatable bonds is 6. The van der Waals surface area contributed by atoms with Crippen molar-refractivity contribution < 1.29 is 14.3 Å². The van der Waals surface area contributed by atoms with Gasteiger partial charge in [-0.15, -0.1) is 6.42 Å². The molecule has 5 heteroatoms. The van der Waals surface area contributed by atoms with Crippen molar-refractivity contribution >= 4 is 5.91 Å². The number of hydrogen-bond acceptors (Lipinski definition) is 3. The van der Waals surface area contributed by atoms with Crippen molar-refractivity contribution in [1.29, 1.82) is 0 Å². The molecular weight excluding hydrogens is 280 g/mol. The van der Waals surface area contributed by atoms with E-state index in [1.165, 1.54) is 0 Å². The van der Waals surface area contributed by atoms with Crippen molar-refractivity contribution in [2.45, 2.75) is 6.54 Å². The molecule has 1 heterocycles. The zero-order valence-corrected chi connectivity index (χ0v) is 12.6. The Morgan fingerprint density at radius 3 is 2.73 bits per heavy atom. The Morgan fingerprint density at radius 1 is 1.32 bits per heavy atom. The molecule has 0 spiro atoms. The number of terminal acetylenes is 1. The number of amides is 1. The van der Waals surface area contributed by atoms with E-state index < -0.39 is 0 Å². The van der Waals surface area contributed by atoms with Gasteiger partial charge in [0.05, 0.1) is 27.3 Å². The number of H-pyrrole nitrogens is 1. The number of carbonyl (C=O) groups excluding carboxylic acids is 1. The van der Waals surface area contributed by atoms with Gasteiger partial charge in [-0.1, -0.05) is 5.92 Å². The predicted molar refractivity (Wildman–Crippen MR) is 83.9 cm³/mol. The van der Waals surface area contributed by atoms with Gasteiger partial charge in [-0.2, -0.15) is 0 Å². The Labute approximate surface area is 129 Å².